The van der Waals surface area contributed by atoms with Crippen molar-refractivity contribution in [2.24, 2.45) is 10.7 Å². The zero-order valence-electron chi connectivity index (χ0n) is 18.2. The summed E-state index contributed by atoms with van der Waals surface area (Å²) < 4.78 is 77.9. The number of alkyl halides is 3. The number of anilines is 1. The number of nitrogens with one attached hydrogen (secondary N) is 1. The van der Waals surface area contributed by atoms with Gasteiger partial charge >= 0.3 is 0 Å². The second kappa shape index (κ2) is 8.71. The number of benzene rings is 1. The van der Waals surface area contributed by atoms with Gasteiger partial charge in [0.1, 0.15) is 41.7 Å². The predicted octanol–water partition coefficient (Wildman–Crippen LogP) is 0.453. The number of hydrogen-bond acceptors (Lipinski definition) is 5. The summed E-state index contributed by atoms with van der Waals surface area (Å²) in [5.74, 6) is -7.85. The number of carbonyl (C=O) groups is 1. The summed E-state index contributed by atoms with van der Waals surface area (Å²) in [5.41, 5.74) is 0.942. The van der Waals surface area contributed by atoms with Crippen LogP contribution in [0.4, 0.5) is 27.6 Å². The molecule has 0 aliphatic carbocycles. The molecule has 0 fully saturated rings. The summed E-state index contributed by atoms with van der Waals surface area (Å²) in [7, 11) is 5.48. The minimum Gasteiger partial charge on any atom is -0.512 e. The summed E-state index contributed by atoms with van der Waals surface area (Å²) in [6, 6.07) is 4.14. The fourth-order valence-corrected chi connectivity index (χ4v) is 3.42. The molecule has 3 N–H and O–H groups in total. The van der Waals surface area contributed by atoms with Gasteiger partial charge in [-0.05, 0) is 18.2 Å². The lowest BCUT2D eigenvalue weighted by Crippen LogP contribution is -2.51. The molecule has 172 valence electrons. The first kappa shape index (κ1) is 24.6. The number of aliphatic imine (C=N–C) groups is 1. The number of nitrogens with two attached hydrogens (primary N) is 1. The number of nitrogens with zero attached hydrogens (tertiary/aromatic N) is 2. The second-order valence-corrected chi connectivity index (χ2v) is 8.67. The van der Waals surface area contributed by atoms with Crippen LogP contribution < -0.4 is 15.8 Å². The van der Waals surface area contributed by atoms with Gasteiger partial charge in [-0.25, -0.2) is 26.9 Å². The molecule has 2 heterocycles. The molecule has 3 rings (SSSR count). The molecule has 1 aliphatic rings. The van der Waals surface area contributed by atoms with Crippen molar-refractivity contribution in [3.63, 3.8) is 0 Å². The average molecular weight is 464 g/mol. The van der Waals surface area contributed by atoms with Crippen LogP contribution in [0.3, 0.4) is 0 Å². The molecule has 14 heteroatoms. The standard InChI is InChI=1S/C19H20B3F5N4O2/c20-19(21,22)33-10-1-2-13(29-7-10)16(32)30-9-5-11(15(25)12(24)6-9)17(8-23)18(26,27)4-3-14(28)31-17/h1-2,5-7H,3-4,8,20-22H2,(H2,28,31)(H,30,32)/t17-/m1/s1. The van der Waals surface area contributed by atoms with Gasteiger partial charge in [-0.3, -0.25) is 9.79 Å². The number of amidine groups is 1. The molecule has 1 amide bonds. The van der Waals surface area contributed by atoms with E-state index in [1.165, 1.54) is 18.3 Å². The van der Waals surface area contributed by atoms with Crippen molar-refractivity contribution in [3.05, 3.63) is 53.4 Å². The van der Waals surface area contributed by atoms with Crippen LogP contribution >= 0.6 is 0 Å². The molecule has 33 heavy (non-hydrogen) atoms. The van der Waals surface area contributed by atoms with Crippen LogP contribution in [0, 0.1) is 11.6 Å². The molecule has 1 aliphatic heterocycles. The van der Waals surface area contributed by atoms with Gasteiger partial charge in [0.05, 0.1) is 12.0 Å². The third-order valence-electron chi connectivity index (χ3n) is 4.95. The third-order valence-corrected chi connectivity index (χ3v) is 4.95. The number of hydrogen-bond donors (Lipinski definition) is 2. The van der Waals surface area contributed by atoms with Gasteiger partial charge < -0.3 is 15.8 Å². The Kier molecular flexibility index (Phi) is 6.50. The maximum atomic E-state index is 14.7. The van der Waals surface area contributed by atoms with E-state index < -0.39 is 53.0 Å². The molecule has 6 nitrogen and oxygen atoms in total. The summed E-state index contributed by atoms with van der Waals surface area (Å²) in [5, 5.41) is 1.76. The summed E-state index contributed by atoms with van der Waals surface area (Å²) in [6.07, 6.45) is 0.0850. The molecule has 0 radical (unpaired) electrons. The van der Waals surface area contributed by atoms with Gasteiger partial charge in [-0.2, -0.15) is 0 Å². The first-order chi connectivity index (χ1) is 15.3. The van der Waals surface area contributed by atoms with E-state index in [9.17, 15) is 26.7 Å². The first-order valence-electron chi connectivity index (χ1n) is 10.0. The van der Waals surface area contributed by atoms with E-state index in [1.54, 1.807) is 0 Å². The van der Waals surface area contributed by atoms with Crippen molar-refractivity contribution in [2.45, 2.75) is 29.6 Å². The maximum absolute atomic E-state index is 14.7. The Balaban J connectivity index is 1.95. The van der Waals surface area contributed by atoms with Crippen LogP contribution in [-0.2, 0) is 5.54 Å². The highest BCUT2D eigenvalue weighted by atomic mass is 19.3. The lowest BCUT2D eigenvalue weighted by atomic mass is 9.52. The molecule has 1 atom stereocenters. The van der Waals surface area contributed by atoms with E-state index in [1.807, 2.05) is 23.5 Å². The fourth-order valence-electron chi connectivity index (χ4n) is 3.42. The SMILES string of the molecule is BC(B)(B)Oc1ccc(C(=O)Nc2cc(F)c(F)c([C@@]3(CF)N=C(N)CCC3(F)F)c2)nc1. The normalized spacial score (nSPS) is 20.1. The minimum absolute atomic E-state index is 0.104. The fraction of sp³-hybridized carbons (Fsp3) is 0.316. The Bertz CT molecular complexity index is 1100. The van der Waals surface area contributed by atoms with Crippen molar-refractivity contribution in [3.8, 4) is 5.75 Å². The van der Waals surface area contributed by atoms with E-state index in [0.29, 0.717) is 11.8 Å². The molecule has 1 aromatic carbocycles. The number of aromatic nitrogens is 1. The number of pyridine rings is 1. The van der Waals surface area contributed by atoms with Gasteiger partial charge in [0.2, 0.25) is 0 Å². The Morgan fingerprint density at radius 3 is 2.52 bits per heavy atom. The first-order valence-corrected chi connectivity index (χ1v) is 10.0. The van der Waals surface area contributed by atoms with E-state index in [4.69, 9.17) is 10.5 Å². The monoisotopic (exact) mass is 464 g/mol. The summed E-state index contributed by atoms with van der Waals surface area (Å²) in [4.78, 5) is 20.0. The average Bonchev–Trinajstić information content (AvgIpc) is 2.71. The Morgan fingerprint density at radius 2 is 1.94 bits per heavy atom. The molecule has 1 aromatic heterocycles. The highest BCUT2D eigenvalue weighted by molar-refractivity contribution is 6.58. The summed E-state index contributed by atoms with van der Waals surface area (Å²) in [6.45, 7) is -1.83. The van der Waals surface area contributed by atoms with Crippen molar-refractivity contribution in [1.82, 2.24) is 4.98 Å². The van der Waals surface area contributed by atoms with Crippen LogP contribution in [0.15, 0.2) is 35.5 Å². The molecule has 0 saturated heterocycles. The number of ether oxygens (including phenoxy) is 1. The number of halogens is 5. The van der Waals surface area contributed by atoms with Crippen molar-refractivity contribution >= 4 is 41.0 Å². The lowest BCUT2D eigenvalue weighted by Gasteiger charge is -2.39. The zero-order chi connectivity index (χ0) is 24.6. The van der Waals surface area contributed by atoms with Crippen molar-refractivity contribution < 1.29 is 31.5 Å². The maximum Gasteiger partial charge on any atom is 0.280 e. The van der Waals surface area contributed by atoms with Crippen molar-refractivity contribution in [2.75, 3.05) is 12.0 Å². The molecule has 0 bridgehead atoms. The minimum atomic E-state index is -3.84. The zero-order valence-corrected chi connectivity index (χ0v) is 18.2. The van der Waals surface area contributed by atoms with E-state index in [0.717, 1.165) is 6.07 Å². The van der Waals surface area contributed by atoms with Crippen LogP contribution in [0.5, 0.6) is 5.75 Å². The van der Waals surface area contributed by atoms with Crippen LogP contribution in [-0.4, -0.2) is 58.2 Å². The van der Waals surface area contributed by atoms with Gasteiger partial charge in [0.25, 0.3) is 11.8 Å². The molecule has 0 saturated carbocycles. The van der Waals surface area contributed by atoms with Gasteiger partial charge in [0.15, 0.2) is 17.2 Å². The molecule has 2 aromatic rings. The largest absolute Gasteiger partial charge is 0.512 e. The lowest BCUT2D eigenvalue weighted by molar-refractivity contribution is -0.0960. The van der Waals surface area contributed by atoms with Crippen LogP contribution in [0.1, 0.15) is 28.9 Å². The number of rotatable bonds is 6. The molecular weight excluding hydrogens is 444 g/mol. The molecule has 0 spiro atoms. The highest BCUT2D eigenvalue weighted by Gasteiger charge is 2.58. The van der Waals surface area contributed by atoms with E-state index in [2.05, 4.69) is 15.3 Å². The van der Waals surface area contributed by atoms with Crippen LogP contribution in [0.2, 0.25) is 0 Å². The van der Waals surface area contributed by atoms with Crippen LogP contribution in [0.25, 0.3) is 0 Å². The summed E-state index contributed by atoms with van der Waals surface area (Å²) >= 11 is 0. The van der Waals surface area contributed by atoms with Gasteiger partial charge in [-0.1, -0.05) is 0 Å². The predicted molar refractivity (Wildman–Crippen MR) is 121 cm³/mol. The quantitative estimate of drug-likeness (QED) is 0.481. The number of carbonyl (C=O) groups excluding carboxylic acids is 1. The van der Waals surface area contributed by atoms with Gasteiger partial charge in [-0.15, -0.1) is 0 Å². The highest BCUT2D eigenvalue weighted by Crippen LogP contribution is 2.48. The topological polar surface area (TPSA) is 89.6 Å². The Hall–Kier alpha value is -3.05. The Morgan fingerprint density at radius 1 is 1.24 bits per heavy atom. The van der Waals surface area contributed by atoms with Gasteiger partial charge in [0, 0.05) is 35.5 Å². The third kappa shape index (κ3) is 4.99. The van der Waals surface area contributed by atoms with E-state index in [-0.39, 0.29) is 23.6 Å². The second-order valence-electron chi connectivity index (χ2n) is 8.67. The molecule has 0 unspecified atom stereocenters. The smallest absolute Gasteiger partial charge is 0.280 e. The Labute approximate surface area is 189 Å². The number of amides is 1. The molecular formula is C19H20B3F5N4O2. The van der Waals surface area contributed by atoms with Crippen molar-refractivity contribution in [1.29, 1.82) is 0 Å². The van der Waals surface area contributed by atoms with E-state index >= 15 is 0 Å².